The fraction of sp³-hybridized carbons (Fsp3) is 0.353. The van der Waals surface area contributed by atoms with Crippen LogP contribution in [0.2, 0.25) is 0 Å². The summed E-state index contributed by atoms with van der Waals surface area (Å²) < 4.78 is 10.5. The lowest BCUT2D eigenvalue weighted by atomic mass is 10.1. The second-order valence-corrected chi connectivity index (χ2v) is 7.64. The van der Waals surface area contributed by atoms with Crippen molar-refractivity contribution in [2.24, 2.45) is 0 Å². The van der Waals surface area contributed by atoms with Crippen LogP contribution in [-0.2, 0) is 24.2 Å². The normalized spacial score (nSPS) is 14.2. The molecule has 0 saturated heterocycles. The number of aromatic nitrogens is 2. The van der Waals surface area contributed by atoms with Crippen molar-refractivity contribution in [1.29, 1.82) is 0 Å². The molecule has 0 saturated carbocycles. The Morgan fingerprint density at radius 2 is 2.21 bits per heavy atom. The second kappa shape index (κ2) is 6.86. The van der Waals surface area contributed by atoms with Gasteiger partial charge in [0.25, 0.3) is 5.89 Å². The number of rotatable bonds is 4. The molecule has 0 amide bonds. The van der Waals surface area contributed by atoms with E-state index in [-0.39, 0.29) is 12.6 Å². The van der Waals surface area contributed by atoms with Crippen LogP contribution in [-0.4, -0.2) is 16.1 Å². The van der Waals surface area contributed by atoms with Gasteiger partial charge in [-0.3, -0.25) is 0 Å². The molecule has 0 fully saturated rings. The quantitative estimate of drug-likeness (QED) is 0.507. The molecule has 1 aliphatic rings. The number of fused-ring (bicyclic) bond motifs is 1. The molecule has 0 radical (unpaired) electrons. The van der Waals surface area contributed by atoms with E-state index >= 15 is 0 Å². The molecule has 0 aromatic carbocycles. The SMILES string of the molecule is O=C(OCc1noc(-c2ccsc2)n1)c1cc2c(s1)CCCCC2. The lowest BCUT2D eigenvalue weighted by Gasteiger charge is -1.99. The van der Waals surface area contributed by atoms with Crippen molar-refractivity contribution in [3.05, 3.63) is 44.0 Å². The highest BCUT2D eigenvalue weighted by atomic mass is 32.1. The summed E-state index contributed by atoms with van der Waals surface area (Å²) in [6.45, 7) is 0.0229. The van der Waals surface area contributed by atoms with Crippen LogP contribution in [0.25, 0.3) is 11.5 Å². The van der Waals surface area contributed by atoms with Crippen molar-refractivity contribution in [3.8, 4) is 11.5 Å². The molecule has 5 nitrogen and oxygen atoms in total. The Labute approximate surface area is 147 Å². The molecule has 0 atom stereocenters. The van der Waals surface area contributed by atoms with Crippen LogP contribution in [0.5, 0.6) is 0 Å². The molecule has 3 heterocycles. The minimum absolute atomic E-state index is 0.0229. The number of ether oxygens (including phenoxy) is 1. The maximum Gasteiger partial charge on any atom is 0.348 e. The van der Waals surface area contributed by atoms with Gasteiger partial charge in [-0.15, -0.1) is 11.3 Å². The van der Waals surface area contributed by atoms with E-state index in [0.717, 1.165) is 18.4 Å². The lowest BCUT2D eigenvalue weighted by Crippen LogP contribution is -2.04. The van der Waals surface area contributed by atoms with Gasteiger partial charge in [-0.1, -0.05) is 11.6 Å². The Balaban J connectivity index is 1.40. The first kappa shape index (κ1) is 15.5. The fourth-order valence-electron chi connectivity index (χ4n) is 2.79. The van der Waals surface area contributed by atoms with Gasteiger partial charge in [0.15, 0.2) is 6.61 Å². The van der Waals surface area contributed by atoms with E-state index in [4.69, 9.17) is 9.26 Å². The number of carbonyl (C=O) groups is 1. The van der Waals surface area contributed by atoms with Crippen molar-refractivity contribution in [2.75, 3.05) is 0 Å². The fourth-order valence-corrected chi connectivity index (χ4v) is 4.56. The molecule has 4 rings (SSSR count). The molecule has 7 heteroatoms. The smallest absolute Gasteiger partial charge is 0.348 e. The highest BCUT2D eigenvalue weighted by Gasteiger charge is 2.18. The highest BCUT2D eigenvalue weighted by Crippen LogP contribution is 2.29. The lowest BCUT2D eigenvalue weighted by molar-refractivity contribution is 0.0465. The van der Waals surface area contributed by atoms with E-state index in [1.54, 1.807) is 22.7 Å². The Bertz CT molecular complexity index is 813. The molecule has 0 spiro atoms. The monoisotopic (exact) mass is 360 g/mol. The average Bonchev–Trinajstić information content (AvgIpc) is 3.31. The second-order valence-electron chi connectivity index (χ2n) is 5.72. The molecule has 0 bridgehead atoms. The third-order valence-electron chi connectivity index (χ3n) is 4.02. The standard InChI is InChI=1S/C17H16N2O3S2/c20-17(14-8-11-4-2-1-3-5-13(11)24-14)21-9-15-18-16(22-19-15)12-6-7-23-10-12/h6-8,10H,1-5,9H2. The minimum atomic E-state index is -0.310. The zero-order valence-electron chi connectivity index (χ0n) is 13.0. The summed E-state index contributed by atoms with van der Waals surface area (Å²) in [5, 5.41) is 7.74. The van der Waals surface area contributed by atoms with Crippen molar-refractivity contribution in [3.63, 3.8) is 0 Å². The molecule has 24 heavy (non-hydrogen) atoms. The van der Waals surface area contributed by atoms with E-state index in [1.165, 1.54) is 29.7 Å². The summed E-state index contributed by atoms with van der Waals surface area (Å²) in [5.74, 6) is 0.516. The minimum Gasteiger partial charge on any atom is -0.453 e. The van der Waals surface area contributed by atoms with Crippen molar-refractivity contribution >= 4 is 28.6 Å². The van der Waals surface area contributed by atoms with E-state index in [9.17, 15) is 4.79 Å². The predicted octanol–water partition coefficient (Wildman–Crippen LogP) is 4.49. The maximum atomic E-state index is 12.3. The number of hydrogen-bond donors (Lipinski definition) is 0. The highest BCUT2D eigenvalue weighted by molar-refractivity contribution is 7.14. The van der Waals surface area contributed by atoms with Crippen molar-refractivity contribution < 1.29 is 14.1 Å². The first-order valence-electron chi connectivity index (χ1n) is 7.93. The topological polar surface area (TPSA) is 65.2 Å². The van der Waals surface area contributed by atoms with Crippen LogP contribution in [0.3, 0.4) is 0 Å². The Morgan fingerprint density at radius 1 is 1.29 bits per heavy atom. The third kappa shape index (κ3) is 3.27. The average molecular weight is 360 g/mol. The molecule has 0 aliphatic heterocycles. The van der Waals surface area contributed by atoms with Crippen LogP contribution in [0.15, 0.2) is 27.4 Å². The zero-order chi connectivity index (χ0) is 16.4. The number of hydrogen-bond acceptors (Lipinski definition) is 7. The van der Waals surface area contributed by atoms with Crippen LogP contribution in [0.4, 0.5) is 0 Å². The molecule has 0 N–H and O–H groups in total. The van der Waals surface area contributed by atoms with Gasteiger partial charge in [0.2, 0.25) is 5.82 Å². The number of thiophene rings is 2. The van der Waals surface area contributed by atoms with Gasteiger partial charge in [-0.05, 0) is 48.8 Å². The zero-order valence-corrected chi connectivity index (χ0v) is 14.6. The number of aryl methyl sites for hydroxylation is 2. The molecule has 0 unspecified atom stereocenters. The first-order chi connectivity index (χ1) is 11.8. The van der Waals surface area contributed by atoms with Gasteiger partial charge in [0.1, 0.15) is 4.88 Å². The predicted molar refractivity (Wildman–Crippen MR) is 92.3 cm³/mol. The summed E-state index contributed by atoms with van der Waals surface area (Å²) in [6.07, 6.45) is 5.81. The number of esters is 1. The van der Waals surface area contributed by atoms with E-state index in [0.29, 0.717) is 16.6 Å². The summed E-state index contributed by atoms with van der Waals surface area (Å²) >= 11 is 3.12. The van der Waals surface area contributed by atoms with Gasteiger partial charge in [0, 0.05) is 10.3 Å². The molecular formula is C17H16N2O3S2. The summed E-state index contributed by atoms with van der Waals surface area (Å²) in [6, 6.07) is 3.90. The number of nitrogens with zero attached hydrogens (tertiary/aromatic N) is 2. The molecule has 3 aromatic heterocycles. The largest absolute Gasteiger partial charge is 0.453 e. The maximum absolute atomic E-state index is 12.3. The van der Waals surface area contributed by atoms with Gasteiger partial charge in [0.05, 0.1) is 5.56 Å². The Hall–Kier alpha value is -1.99. The molecule has 3 aromatic rings. The van der Waals surface area contributed by atoms with Gasteiger partial charge >= 0.3 is 5.97 Å². The van der Waals surface area contributed by atoms with Crippen LogP contribution in [0, 0.1) is 0 Å². The Kier molecular flexibility index (Phi) is 4.44. The van der Waals surface area contributed by atoms with E-state index in [2.05, 4.69) is 10.1 Å². The van der Waals surface area contributed by atoms with Crippen LogP contribution >= 0.6 is 22.7 Å². The first-order valence-corrected chi connectivity index (χ1v) is 9.69. The van der Waals surface area contributed by atoms with Gasteiger partial charge in [-0.2, -0.15) is 16.3 Å². The van der Waals surface area contributed by atoms with Gasteiger partial charge in [-0.25, -0.2) is 4.79 Å². The molecule has 1 aliphatic carbocycles. The number of carbonyl (C=O) groups excluding carboxylic acids is 1. The van der Waals surface area contributed by atoms with Crippen molar-refractivity contribution in [1.82, 2.24) is 10.1 Å². The molecule has 124 valence electrons. The van der Waals surface area contributed by atoms with Gasteiger partial charge < -0.3 is 9.26 Å². The summed E-state index contributed by atoms with van der Waals surface area (Å²) in [4.78, 5) is 18.5. The third-order valence-corrected chi connectivity index (χ3v) is 5.92. The summed E-state index contributed by atoms with van der Waals surface area (Å²) in [5.41, 5.74) is 2.19. The van der Waals surface area contributed by atoms with E-state index in [1.807, 2.05) is 22.9 Å². The summed E-state index contributed by atoms with van der Waals surface area (Å²) in [7, 11) is 0. The molecular weight excluding hydrogens is 344 g/mol. The Morgan fingerprint density at radius 3 is 3.08 bits per heavy atom. The van der Waals surface area contributed by atoms with E-state index < -0.39 is 0 Å². The van der Waals surface area contributed by atoms with Crippen LogP contribution in [0.1, 0.15) is 45.2 Å². The van der Waals surface area contributed by atoms with Crippen LogP contribution < -0.4 is 0 Å². The van der Waals surface area contributed by atoms with Crippen molar-refractivity contribution in [2.45, 2.75) is 38.7 Å².